The number of methoxy groups -OCH3 is 1. The van der Waals surface area contributed by atoms with Crippen LogP contribution in [0.25, 0.3) is 0 Å². The molecule has 16 heavy (non-hydrogen) atoms. The Hall–Kier alpha value is -1.40. The highest BCUT2D eigenvalue weighted by molar-refractivity contribution is 5.27. The molecule has 1 aromatic heterocycles. The molecule has 6 heteroatoms. The van der Waals surface area contributed by atoms with Gasteiger partial charge in [0.15, 0.2) is 0 Å². The van der Waals surface area contributed by atoms with Gasteiger partial charge in [-0.15, -0.1) is 10.2 Å². The first-order chi connectivity index (χ1) is 7.83. The summed E-state index contributed by atoms with van der Waals surface area (Å²) in [5.74, 6) is 0.831. The van der Waals surface area contributed by atoms with Gasteiger partial charge in [0.2, 0.25) is 5.88 Å². The third-order valence-corrected chi connectivity index (χ3v) is 1.78. The molecule has 0 bridgehead atoms. The van der Waals surface area contributed by atoms with Gasteiger partial charge in [0.1, 0.15) is 12.4 Å². The minimum atomic E-state index is 0.378. The SMILES string of the molecule is COCCCOCCOc1ccc(N)nn1. The van der Waals surface area contributed by atoms with E-state index in [2.05, 4.69) is 10.2 Å². The number of anilines is 1. The lowest BCUT2D eigenvalue weighted by Crippen LogP contribution is -2.09. The highest BCUT2D eigenvalue weighted by atomic mass is 16.5. The highest BCUT2D eigenvalue weighted by Crippen LogP contribution is 2.04. The van der Waals surface area contributed by atoms with E-state index in [0.29, 0.717) is 38.1 Å². The van der Waals surface area contributed by atoms with Crippen LogP contribution < -0.4 is 10.5 Å². The number of nitrogens with two attached hydrogens (primary N) is 1. The number of aromatic nitrogens is 2. The normalized spacial score (nSPS) is 10.3. The number of rotatable bonds is 8. The molecule has 0 amide bonds. The summed E-state index contributed by atoms with van der Waals surface area (Å²) in [5.41, 5.74) is 5.38. The molecule has 0 radical (unpaired) electrons. The maximum Gasteiger partial charge on any atom is 0.233 e. The van der Waals surface area contributed by atoms with Crippen LogP contribution in [-0.2, 0) is 9.47 Å². The van der Waals surface area contributed by atoms with Crippen LogP contribution in [0, 0.1) is 0 Å². The van der Waals surface area contributed by atoms with Crippen molar-refractivity contribution in [1.82, 2.24) is 10.2 Å². The smallest absolute Gasteiger partial charge is 0.233 e. The summed E-state index contributed by atoms with van der Waals surface area (Å²) >= 11 is 0. The van der Waals surface area contributed by atoms with Crippen LogP contribution in [0.2, 0.25) is 0 Å². The van der Waals surface area contributed by atoms with E-state index in [-0.39, 0.29) is 0 Å². The van der Waals surface area contributed by atoms with Crippen LogP contribution in [0.5, 0.6) is 5.88 Å². The third kappa shape index (κ3) is 5.47. The molecule has 2 N–H and O–H groups in total. The molecule has 0 saturated carbocycles. The Bertz CT molecular complexity index is 279. The van der Waals surface area contributed by atoms with Crippen molar-refractivity contribution in [3.05, 3.63) is 12.1 Å². The van der Waals surface area contributed by atoms with Gasteiger partial charge < -0.3 is 19.9 Å². The van der Waals surface area contributed by atoms with Gasteiger partial charge in [-0.25, -0.2) is 0 Å². The van der Waals surface area contributed by atoms with Crippen molar-refractivity contribution >= 4 is 5.82 Å². The van der Waals surface area contributed by atoms with Crippen molar-refractivity contribution in [2.45, 2.75) is 6.42 Å². The van der Waals surface area contributed by atoms with Crippen LogP contribution in [-0.4, -0.2) is 43.7 Å². The summed E-state index contributed by atoms with van der Waals surface area (Å²) in [6, 6.07) is 3.31. The Morgan fingerprint density at radius 2 is 2.00 bits per heavy atom. The molecule has 0 aromatic carbocycles. The Morgan fingerprint density at radius 1 is 1.12 bits per heavy atom. The molecule has 6 nitrogen and oxygen atoms in total. The fourth-order valence-corrected chi connectivity index (χ4v) is 1.02. The van der Waals surface area contributed by atoms with Gasteiger partial charge in [0.25, 0.3) is 0 Å². The lowest BCUT2D eigenvalue weighted by Gasteiger charge is -2.05. The van der Waals surface area contributed by atoms with Gasteiger partial charge in [-0.1, -0.05) is 0 Å². The fraction of sp³-hybridized carbons (Fsp3) is 0.600. The van der Waals surface area contributed by atoms with Crippen LogP contribution in [0.4, 0.5) is 5.82 Å². The van der Waals surface area contributed by atoms with E-state index in [4.69, 9.17) is 19.9 Å². The molecule has 0 fully saturated rings. The molecule has 90 valence electrons. The zero-order valence-corrected chi connectivity index (χ0v) is 9.39. The van der Waals surface area contributed by atoms with Crippen molar-refractivity contribution in [2.24, 2.45) is 0 Å². The summed E-state index contributed by atoms with van der Waals surface area (Å²) in [4.78, 5) is 0. The van der Waals surface area contributed by atoms with E-state index in [1.807, 2.05) is 0 Å². The van der Waals surface area contributed by atoms with Crippen molar-refractivity contribution in [2.75, 3.05) is 39.3 Å². The summed E-state index contributed by atoms with van der Waals surface area (Å²) < 4.78 is 15.5. The first-order valence-corrected chi connectivity index (χ1v) is 5.11. The monoisotopic (exact) mass is 227 g/mol. The summed E-state index contributed by atoms with van der Waals surface area (Å²) in [6.07, 6.45) is 0.887. The van der Waals surface area contributed by atoms with Gasteiger partial charge in [-0.2, -0.15) is 0 Å². The minimum Gasteiger partial charge on any atom is -0.474 e. The van der Waals surface area contributed by atoms with E-state index in [1.54, 1.807) is 19.2 Å². The molecular formula is C10H17N3O3. The second-order valence-corrected chi connectivity index (χ2v) is 3.10. The Morgan fingerprint density at radius 3 is 2.69 bits per heavy atom. The van der Waals surface area contributed by atoms with Gasteiger partial charge in [0, 0.05) is 26.4 Å². The van der Waals surface area contributed by atoms with Gasteiger partial charge in [-0.3, -0.25) is 0 Å². The summed E-state index contributed by atoms with van der Waals surface area (Å²) in [5, 5.41) is 7.42. The number of hydrogen-bond acceptors (Lipinski definition) is 6. The predicted octanol–water partition coefficient (Wildman–Crippen LogP) is 0.491. The topological polar surface area (TPSA) is 79.5 Å². The zero-order valence-electron chi connectivity index (χ0n) is 9.39. The average molecular weight is 227 g/mol. The van der Waals surface area contributed by atoms with Crippen molar-refractivity contribution in [3.63, 3.8) is 0 Å². The highest BCUT2D eigenvalue weighted by Gasteiger charge is 1.96. The predicted molar refractivity (Wildman–Crippen MR) is 59.3 cm³/mol. The van der Waals surface area contributed by atoms with Crippen LogP contribution in [0.1, 0.15) is 6.42 Å². The average Bonchev–Trinajstić information content (AvgIpc) is 2.30. The van der Waals surface area contributed by atoms with Gasteiger partial charge >= 0.3 is 0 Å². The summed E-state index contributed by atoms with van der Waals surface area (Å²) in [6.45, 7) is 2.36. The van der Waals surface area contributed by atoms with Crippen molar-refractivity contribution < 1.29 is 14.2 Å². The third-order valence-electron chi connectivity index (χ3n) is 1.78. The van der Waals surface area contributed by atoms with Gasteiger partial charge in [-0.05, 0) is 12.5 Å². The molecule has 0 aliphatic carbocycles. The number of hydrogen-bond donors (Lipinski definition) is 1. The molecule has 1 rings (SSSR count). The molecule has 0 unspecified atom stereocenters. The molecule has 0 atom stereocenters. The van der Waals surface area contributed by atoms with E-state index < -0.39 is 0 Å². The first-order valence-electron chi connectivity index (χ1n) is 5.11. The Kier molecular flexibility index (Phi) is 6.20. The Labute approximate surface area is 94.7 Å². The van der Waals surface area contributed by atoms with Gasteiger partial charge in [0.05, 0.1) is 6.61 Å². The molecule has 1 heterocycles. The quantitative estimate of drug-likeness (QED) is 0.651. The molecule has 0 saturated heterocycles. The molecule has 0 aliphatic rings. The lowest BCUT2D eigenvalue weighted by molar-refractivity contribution is 0.0793. The second kappa shape index (κ2) is 7.84. The standard InChI is InChI=1S/C10H17N3O3/c1-14-5-2-6-15-7-8-16-10-4-3-9(11)12-13-10/h3-4H,2,5-8H2,1H3,(H2,11,12). The number of nitrogen functional groups attached to an aromatic ring is 1. The molecular weight excluding hydrogens is 210 g/mol. The Balaban J connectivity index is 2.01. The summed E-state index contributed by atoms with van der Waals surface area (Å²) in [7, 11) is 1.67. The van der Waals surface area contributed by atoms with Crippen LogP contribution >= 0.6 is 0 Å². The second-order valence-electron chi connectivity index (χ2n) is 3.10. The van der Waals surface area contributed by atoms with Crippen molar-refractivity contribution in [1.29, 1.82) is 0 Å². The van der Waals surface area contributed by atoms with Crippen LogP contribution in [0.15, 0.2) is 12.1 Å². The van der Waals surface area contributed by atoms with Crippen LogP contribution in [0.3, 0.4) is 0 Å². The van der Waals surface area contributed by atoms with E-state index in [1.165, 1.54) is 0 Å². The number of nitrogens with zero attached hydrogens (tertiary/aromatic N) is 2. The largest absolute Gasteiger partial charge is 0.474 e. The molecule has 1 aromatic rings. The van der Waals surface area contributed by atoms with Crippen molar-refractivity contribution in [3.8, 4) is 5.88 Å². The maximum atomic E-state index is 5.38. The lowest BCUT2D eigenvalue weighted by atomic mass is 10.5. The fourth-order valence-electron chi connectivity index (χ4n) is 1.02. The zero-order chi connectivity index (χ0) is 11.6. The molecule has 0 aliphatic heterocycles. The number of ether oxygens (including phenoxy) is 3. The van der Waals surface area contributed by atoms with E-state index in [0.717, 1.165) is 6.42 Å². The maximum absolute atomic E-state index is 5.38. The first kappa shape index (κ1) is 12.7. The van der Waals surface area contributed by atoms with E-state index >= 15 is 0 Å². The molecule has 0 spiro atoms. The minimum absolute atomic E-state index is 0.378. The van der Waals surface area contributed by atoms with E-state index in [9.17, 15) is 0 Å².